The minimum Gasteiger partial charge on any atom is -0.378 e. The normalized spacial score (nSPS) is 11.8. The highest BCUT2D eigenvalue weighted by Crippen LogP contribution is 2.12. The number of amides is 1. The summed E-state index contributed by atoms with van der Waals surface area (Å²) in [5.74, 6) is 0.0863. The summed E-state index contributed by atoms with van der Waals surface area (Å²) in [5.41, 5.74) is 3.50. The van der Waals surface area contributed by atoms with Crippen molar-refractivity contribution in [1.82, 2.24) is 5.32 Å². The van der Waals surface area contributed by atoms with Crippen LogP contribution in [0.1, 0.15) is 24.5 Å². The molecule has 0 saturated carbocycles. The average molecular weight is 310 g/mol. The molecule has 0 heterocycles. The minimum absolute atomic E-state index is 0.0863. The van der Waals surface area contributed by atoms with Gasteiger partial charge >= 0.3 is 0 Å². The first-order valence-corrected chi connectivity index (χ1v) is 8.14. The molecule has 0 spiro atoms. The van der Waals surface area contributed by atoms with Gasteiger partial charge in [-0.1, -0.05) is 42.5 Å². The molecule has 1 atom stereocenters. The highest BCUT2D eigenvalue weighted by Gasteiger charge is 2.08. The summed E-state index contributed by atoms with van der Waals surface area (Å²) in [5, 5.41) is 3.09. The third kappa shape index (κ3) is 5.78. The molecule has 0 aliphatic rings. The van der Waals surface area contributed by atoms with Crippen LogP contribution in [-0.4, -0.2) is 26.0 Å². The molecule has 0 radical (unpaired) electrons. The Morgan fingerprint density at radius 1 is 1.00 bits per heavy atom. The Kier molecular flexibility index (Phi) is 6.21. The number of benzene rings is 2. The number of anilines is 1. The summed E-state index contributed by atoms with van der Waals surface area (Å²) >= 11 is 0. The molecular weight excluding hydrogens is 284 g/mol. The number of hydrogen-bond donors (Lipinski definition) is 1. The zero-order valence-electron chi connectivity index (χ0n) is 14.3. The van der Waals surface area contributed by atoms with E-state index in [1.807, 2.05) is 44.4 Å². The van der Waals surface area contributed by atoms with Crippen LogP contribution in [0.15, 0.2) is 54.6 Å². The summed E-state index contributed by atoms with van der Waals surface area (Å²) in [7, 11) is 4.02. The predicted molar refractivity (Wildman–Crippen MR) is 96.8 cm³/mol. The van der Waals surface area contributed by atoms with Crippen molar-refractivity contribution in [3.8, 4) is 0 Å². The molecule has 0 aliphatic carbocycles. The van der Waals surface area contributed by atoms with Crippen LogP contribution in [0.25, 0.3) is 0 Å². The molecule has 0 aliphatic heterocycles. The second kappa shape index (κ2) is 8.37. The Morgan fingerprint density at radius 3 is 2.26 bits per heavy atom. The van der Waals surface area contributed by atoms with Crippen LogP contribution in [0.4, 0.5) is 5.69 Å². The first-order chi connectivity index (χ1) is 11.0. The van der Waals surface area contributed by atoms with Crippen LogP contribution in [0.5, 0.6) is 0 Å². The number of carbonyl (C=O) groups is 1. The molecule has 1 amide bonds. The van der Waals surface area contributed by atoms with E-state index in [-0.39, 0.29) is 11.9 Å². The van der Waals surface area contributed by atoms with Gasteiger partial charge in [0, 0.05) is 25.8 Å². The second-order valence-electron chi connectivity index (χ2n) is 6.23. The van der Waals surface area contributed by atoms with Gasteiger partial charge in [-0.15, -0.1) is 0 Å². The molecular formula is C20H26N2O. The van der Waals surface area contributed by atoms with E-state index in [1.54, 1.807) is 0 Å². The Hall–Kier alpha value is -2.29. The number of nitrogens with one attached hydrogen (secondary N) is 1. The zero-order chi connectivity index (χ0) is 16.7. The number of aryl methyl sites for hydroxylation is 1. The second-order valence-corrected chi connectivity index (χ2v) is 6.23. The van der Waals surface area contributed by atoms with Crippen LogP contribution in [-0.2, 0) is 17.6 Å². The van der Waals surface area contributed by atoms with Crippen molar-refractivity contribution in [3.63, 3.8) is 0 Å². The van der Waals surface area contributed by atoms with E-state index in [9.17, 15) is 4.79 Å². The fraction of sp³-hybridized carbons (Fsp3) is 0.350. The Labute approximate surface area is 139 Å². The van der Waals surface area contributed by atoms with Crippen molar-refractivity contribution in [2.24, 2.45) is 0 Å². The van der Waals surface area contributed by atoms with E-state index >= 15 is 0 Å². The Bertz CT molecular complexity index is 605. The number of hydrogen-bond acceptors (Lipinski definition) is 2. The molecule has 2 aromatic rings. The molecule has 1 N–H and O–H groups in total. The standard InChI is InChI=1S/C20H26N2O/c1-16(9-10-17-7-5-4-6-8-17)21-20(23)15-18-11-13-19(14-12-18)22(2)3/h4-8,11-14,16H,9-10,15H2,1-3H3,(H,21,23). The summed E-state index contributed by atoms with van der Waals surface area (Å²) in [6.07, 6.45) is 2.37. The summed E-state index contributed by atoms with van der Waals surface area (Å²) in [4.78, 5) is 14.2. The molecule has 2 aromatic carbocycles. The largest absolute Gasteiger partial charge is 0.378 e. The van der Waals surface area contributed by atoms with E-state index in [2.05, 4.69) is 41.4 Å². The van der Waals surface area contributed by atoms with Gasteiger partial charge in [0.15, 0.2) is 0 Å². The minimum atomic E-state index is 0.0863. The molecule has 2 rings (SSSR count). The van der Waals surface area contributed by atoms with Gasteiger partial charge in [-0.25, -0.2) is 0 Å². The van der Waals surface area contributed by atoms with Crippen molar-refractivity contribution in [1.29, 1.82) is 0 Å². The third-order valence-electron chi connectivity index (χ3n) is 3.93. The maximum Gasteiger partial charge on any atom is 0.224 e. The van der Waals surface area contributed by atoms with E-state index in [1.165, 1.54) is 5.56 Å². The van der Waals surface area contributed by atoms with Gasteiger partial charge in [-0.2, -0.15) is 0 Å². The van der Waals surface area contributed by atoms with Gasteiger partial charge in [0.25, 0.3) is 0 Å². The lowest BCUT2D eigenvalue weighted by Gasteiger charge is -2.15. The molecule has 0 fully saturated rings. The monoisotopic (exact) mass is 310 g/mol. The fourth-order valence-corrected chi connectivity index (χ4v) is 2.52. The summed E-state index contributed by atoms with van der Waals surface area (Å²) in [6, 6.07) is 18.7. The van der Waals surface area contributed by atoms with Crippen molar-refractivity contribution in [2.75, 3.05) is 19.0 Å². The smallest absolute Gasteiger partial charge is 0.224 e. The van der Waals surface area contributed by atoms with E-state index in [0.717, 1.165) is 24.1 Å². The van der Waals surface area contributed by atoms with Gasteiger partial charge in [0.2, 0.25) is 5.91 Å². The van der Waals surface area contributed by atoms with E-state index < -0.39 is 0 Å². The van der Waals surface area contributed by atoms with Gasteiger partial charge in [0.05, 0.1) is 6.42 Å². The quantitative estimate of drug-likeness (QED) is 0.850. The number of nitrogens with zero attached hydrogens (tertiary/aromatic N) is 1. The Morgan fingerprint density at radius 2 is 1.65 bits per heavy atom. The fourth-order valence-electron chi connectivity index (χ4n) is 2.52. The first-order valence-electron chi connectivity index (χ1n) is 8.14. The predicted octanol–water partition coefficient (Wildman–Crippen LogP) is 3.43. The van der Waals surface area contributed by atoms with Gasteiger partial charge in [-0.05, 0) is 43.0 Å². The number of rotatable bonds is 7. The van der Waals surface area contributed by atoms with Crippen molar-refractivity contribution >= 4 is 11.6 Å². The van der Waals surface area contributed by atoms with Gasteiger partial charge in [-0.3, -0.25) is 4.79 Å². The molecule has 1 unspecified atom stereocenters. The van der Waals surface area contributed by atoms with Crippen molar-refractivity contribution < 1.29 is 4.79 Å². The molecule has 0 aromatic heterocycles. The molecule has 0 saturated heterocycles. The summed E-state index contributed by atoms with van der Waals surface area (Å²) in [6.45, 7) is 2.07. The SMILES string of the molecule is CC(CCc1ccccc1)NC(=O)Cc1ccc(N(C)C)cc1. The lowest BCUT2D eigenvalue weighted by molar-refractivity contribution is -0.121. The number of carbonyl (C=O) groups excluding carboxylic acids is 1. The highest BCUT2D eigenvalue weighted by atomic mass is 16.1. The van der Waals surface area contributed by atoms with E-state index in [4.69, 9.17) is 0 Å². The maximum atomic E-state index is 12.1. The molecule has 3 nitrogen and oxygen atoms in total. The van der Waals surface area contributed by atoms with Crippen LogP contribution in [0.2, 0.25) is 0 Å². The summed E-state index contributed by atoms with van der Waals surface area (Å²) < 4.78 is 0. The highest BCUT2D eigenvalue weighted by molar-refractivity contribution is 5.79. The molecule has 0 bridgehead atoms. The Balaban J connectivity index is 1.77. The van der Waals surface area contributed by atoms with Gasteiger partial charge < -0.3 is 10.2 Å². The molecule has 3 heteroatoms. The van der Waals surface area contributed by atoms with Crippen LogP contribution < -0.4 is 10.2 Å². The third-order valence-corrected chi connectivity index (χ3v) is 3.93. The lowest BCUT2D eigenvalue weighted by Crippen LogP contribution is -2.34. The van der Waals surface area contributed by atoms with Crippen molar-refractivity contribution in [3.05, 3.63) is 65.7 Å². The molecule has 23 heavy (non-hydrogen) atoms. The lowest BCUT2D eigenvalue weighted by atomic mass is 10.1. The average Bonchev–Trinajstić information content (AvgIpc) is 2.54. The van der Waals surface area contributed by atoms with Gasteiger partial charge in [0.1, 0.15) is 0 Å². The topological polar surface area (TPSA) is 32.3 Å². The van der Waals surface area contributed by atoms with E-state index in [0.29, 0.717) is 6.42 Å². The van der Waals surface area contributed by atoms with Crippen molar-refractivity contribution in [2.45, 2.75) is 32.2 Å². The zero-order valence-corrected chi connectivity index (χ0v) is 14.3. The molecule has 122 valence electrons. The first kappa shape index (κ1) is 17.1. The van der Waals surface area contributed by atoms with Crippen LogP contribution in [0, 0.1) is 0 Å². The van der Waals surface area contributed by atoms with Crippen LogP contribution in [0.3, 0.4) is 0 Å². The van der Waals surface area contributed by atoms with Crippen LogP contribution >= 0.6 is 0 Å². The maximum absolute atomic E-state index is 12.1.